The smallest absolute Gasteiger partial charge is 0.296 e. The molecule has 0 aliphatic heterocycles. The zero-order chi connectivity index (χ0) is 45.2. The van der Waals surface area contributed by atoms with Crippen LogP contribution < -0.4 is 21.9 Å². The van der Waals surface area contributed by atoms with Crippen LogP contribution in [-0.4, -0.2) is 93.7 Å². The first-order valence-electron chi connectivity index (χ1n) is 16.4. The normalized spacial score (nSPS) is 12.8. The van der Waals surface area contributed by atoms with Crippen LogP contribution in [0.3, 0.4) is 0 Å². The molecule has 22 nitrogen and oxygen atoms in total. The van der Waals surface area contributed by atoms with E-state index in [4.69, 9.17) is 31.0 Å². The van der Waals surface area contributed by atoms with Crippen molar-refractivity contribution in [3.8, 4) is 5.75 Å². The average molecular weight is 973 g/mol. The lowest BCUT2D eigenvalue weighted by molar-refractivity contribution is 0.318. The van der Waals surface area contributed by atoms with E-state index in [1.165, 1.54) is 11.8 Å². The van der Waals surface area contributed by atoms with E-state index in [1.807, 2.05) is 6.92 Å². The Morgan fingerprint density at radius 3 is 1.85 bits per heavy atom. The van der Waals surface area contributed by atoms with Gasteiger partial charge in [-0.1, -0.05) is 11.3 Å². The average Bonchev–Trinajstić information content (AvgIpc) is 3.49. The molecule has 0 aliphatic carbocycles. The van der Waals surface area contributed by atoms with E-state index >= 15 is 0 Å². The molecule has 0 radical (unpaired) electrons. The fraction of sp³-hybridized carbons (Fsp3) is 0.258. The summed E-state index contributed by atoms with van der Waals surface area (Å²) < 4.78 is 164. The van der Waals surface area contributed by atoms with Gasteiger partial charge in [0, 0.05) is 27.4 Å². The fourth-order valence-corrected chi connectivity index (χ4v) is 10.2. The number of nitrogens with two attached hydrogens (primary N) is 3. The number of aryl methyl sites for hydroxylation is 2. The summed E-state index contributed by atoms with van der Waals surface area (Å²) in [6.45, 7) is 3.66. The Kier molecular flexibility index (Phi) is 14.8. The number of thioether (sulfide) groups is 1. The zero-order valence-electron chi connectivity index (χ0n) is 30.9. The summed E-state index contributed by atoms with van der Waals surface area (Å²) in [5.41, 5.74) is 20.7. The molecule has 0 amide bonds. The van der Waals surface area contributed by atoms with Crippen LogP contribution in [0.2, 0.25) is 0 Å². The number of anilines is 3. The summed E-state index contributed by atoms with van der Waals surface area (Å²) in [7, 11) is -22.9. The summed E-state index contributed by atoms with van der Waals surface area (Å²) in [4.78, 5) is 1.83. The van der Waals surface area contributed by atoms with Gasteiger partial charge in [0.2, 0.25) is 0 Å². The molecule has 11 N–H and O–H groups in total. The van der Waals surface area contributed by atoms with Crippen molar-refractivity contribution in [2.24, 2.45) is 10.2 Å². The highest BCUT2D eigenvalue weighted by atomic mass is 32.2. The summed E-state index contributed by atoms with van der Waals surface area (Å²) in [5, 5.41) is 7.92. The molecule has 0 aliphatic rings. The highest BCUT2D eigenvalue weighted by molar-refractivity contribution is 7.99. The SMILES string of the molecule is Cc1cc(N=Nc2cc(OCCCS(=O)(=O)O)c(N)cc2C)c(SCCCS(=O)(=O)O)cc1N.Nc1nc2c(S(=O)(=O)O)cc3c(S(=O)(=O)O)cc(S(=O)(=O)O)cc3c2s1. The van der Waals surface area contributed by atoms with E-state index in [-0.39, 0.29) is 45.9 Å². The van der Waals surface area contributed by atoms with Crippen molar-refractivity contribution in [3.63, 3.8) is 0 Å². The number of ether oxygens (including phenoxy) is 1. The molecular weight excluding hydrogens is 937 g/mol. The first-order chi connectivity index (χ1) is 27.4. The quantitative estimate of drug-likeness (QED) is 0.0232. The topological polar surface area (TPSA) is 397 Å². The lowest BCUT2D eigenvalue weighted by Gasteiger charge is -2.11. The van der Waals surface area contributed by atoms with Gasteiger partial charge in [0.25, 0.3) is 50.6 Å². The molecule has 0 saturated carbocycles. The van der Waals surface area contributed by atoms with Crippen LogP contribution in [0.4, 0.5) is 27.9 Å². The van der Waals surface area contributed by atoms with Gasteiger partial charge in [-0.15, -0.1) is 16.9 Å². The van der Waals surface area contributed by atoms with Crippen LogP contribution >= 0.6 is 23.1 Å². The van der Waals surface area contributed by atoms with Gasteiger partial charge in [0.1, 0.15) is 21.1 Å². The fourth-order valence-electron chi connectivity index (χ4n) is 5.15. The lowest BCUT2D eigenvalue weighted by Crippen LogP contribution is -2.09. The second kappa shape index (κ2) is 18.4. The third kappa shape index (κ3) is 13.1. The molecule has 1 aromatic heterocycles. The Labute approximate surface area is 352 Å². The number of nitrogen functional groups attached to an aromatic ring is 3. The number of hydrogen-bond donors (Lipinski definition) is 8. The molecule has 5 rings (SSSR count). The molecular formula is C31H36N6O16S7. The van der Waals surface area contributed by atoms with E-state index in [0.717, 1.165) is 17.2 Å². The van der Waals surface area contributed by atoms with Crippen molar-refractivity contribution in [1.29, 1.82) is 0 Å². The van der Waals surface area contributed by atoms with E-state index in [0.29, 0.717) is 62.6 Å². The van der Waals surface area contributed by atoms with Gasteiger partial charge in [-0.05, 0) is 80.0 Å². The van der Waals surface area contributed by atoms with Crippen molar-refractivity contribution in [2.45, 2.75) is 46.3 Å². The second-order valence-corrected chi connectivity index (χ2v) is 22.1. The summed E-state index contributed by atoms with van der Waals surface area (Å²) >= 11 is 2.04. The number of azo groups is 1. The molecule has 1 heterocycles. The number of benzene rings is 4. The largest absolute Gasteiger partial charge is 0.491 e. The number of hydrogen-bond acceptors (Lipinski definition) is 19. The van der Waals surface area contributed by atoms with Gasteiger partial charge in [0.05, 0.1) is 44.8 Å². The highest BCUT2D eigenvalue weighted by Crippen LogP contribution is 2.40. The number of fused-ring (bicyclic) bond motifs is 3. The number of aromatic nitrogens is 1. The van der Waals surface area contributed by atoms with Gasteiger partial charge < -0.3 is 21.9 Å². The minimum atomic E-state index is -5.04. The Hall–Kier alpha value is -4.27. The third-order valence-corrected chi connectivity index (χ3v) is 14.2. The maximum atomic E-state index is 11.7. The molecule has 29 heteroatoms. The Bertz CT molecular complexity index is 3080. The molecule has 0 atom stereocenters. The van der Waals surface area contributed by atoms with Crippen molar-refractivity contribution >= 4 is 123 Å². The Balaban J connectivity index is 0.000000273. The molecule has 4 aromatic carbocycles. The standard InChI is InChI=1S/C20H28N4O7S3.C11H8N2O9S4/c1-13-10-18(20(11-15(13)21)32-6-4-8-34(28,29)30)24-23-17-12-19(16(22)9-14(17)2)31-5-3-7-33(25,26)27;12-11-13-9-8(26(20,21)22)3-5-6(10(9)23-11)1-4(24(14,15)16)2-7(5)25(17,18)19/h9-12H,3-8,21-22H2,1-2H3,(H,25,26,27)(H,28,29,30);1-3H,(H2,12,13)(H,14,15,16)(H,17,18,19)(H,20,21,22). The summed E-state index contributed by atoms with van der Waals surface area (Å²) in [6.07, 6.45) is 0.342. The van der Waals surface area contributed by atoms with Gasteiger partial charge >= 0.3 is 0 Å². The maximum absolute atomic E-state index is 11.7. The predicted octanol–water partition coefficient (Wildman–Crippen LogP) is 4.68. The Morgan fingerprint density at radius 1 is 0.667 bits per heavy atom. The number of rotatable bonds is 15. The van der Waals surface area contributed by atoms with Crippen molar-refractivity contribution < 1.29 is 69.6 Å². The number of thiazole rings is 1. The van der Waals surface area contributed by atoms with Crippen LogP contribution in [0.25, 0.3) is 21.0 Å². The highest BCUT2D eigenvalue weighted by Gasteiger charge is 2.27. The molecule has 60 heavy (non-hydrogen) atoms. The van der Waals surface area contributed by atoms with Crippen LogP contribution in [0.5, 0.6) is 5.75 Å². The lowest BCUT2D eigenvalue weighted by atomic mass is 10.1. The van der Waals surface area contributed by atoms with Crippen LogP contribution in [0, 0.1) is 13.8 Å². The van der Waals surface area contributed by atoms with Crippen LogP contribution in [0.15, 0.2) is 72.3 Å². The van der Waals surface area contributed by atoms with Crippen molar-refractivity contribution in [2.75, 3.05) is 41.1 Å². The van der Waals surface area contributed by atoms with E-state index < -0.39 is 76.4 Å². The van der Waals surface area contributed by atoms with E-state index in [2.05, 4.69) is 15.2 Å². The van der Waals surface area contributed by atoms with Gasteiger partial charge in [0.15, 0.2) is 5.13 Å². The van der Waals surface area contributed by atoms with E-state index in [9.17, 15) is 55.7 Å². The third-order valence-electron chi connectivity index (χ3n) is 7.92. The Morgan fingerprint density at radius 2 is 1.27 bits per heavy atom. The second-order valence-electron chi connectivity index (χ2n) is 12.6. The summed E-state index contributed by atoms with van der Waals surface area (Å²) in [6, 6.07) is 8.79. The zero-order valence-corrected chi connectivity index (χ0v) is 36.7. The van der Waals surface area contributed by atoms with Crippen molar-refractivity contribution in [1.82, 2.24) is 4.98 Å². The van der Waals surface area contributed by atoms with Crippen LogP contribution in [0.1, 0.15) is 24.0 Å². The first-order valence-corrected chi connectivity index (χ1v) is 25.8. The monoisotopic (exact) mass is 972 g/mol. The van der Waals surface area contributed by atoms with Gasteiger partial charge in [-0.3, -0.25) is 22.8 Å². The van der Waals surface area contributed by atoms with E-state index in [1.54, 1.807) is 31.2 Å². The maximum Gasteiger partial charge on any atom is 0.296 e. The molecule has 0 spiro atoms. The van der Waals surface area contributed by atoms with Crippen molar-refractivity contribution in [3.05, 3.63) is 53.6 Å². The molecule has 0 saturated heterocycles. The van der Waals surface area contributed by atoms with Gasteiger partial charge in [-0.2, -0.15) is 47.2 Å². The molecule has 0 unspecified atom stereocenters. The molecule has 328 valence electrons. The predicted molar refractivity (Wildman–Crippen MR) is 225 cm³/mol. The van der Waals surface area contributed by atoms with Crippen LogP contribution in [-0.2, 0) is 50.6 Å². The first kappa shape index (κ1) is 48.4. The summed E-state index contributed by atoms with van der Waals surface area (Å²) in [5.74, 6) is -0.0292. The molecule has 0 fully saturated rings. The molecule has 5 aromatic rings. The van der Waals surface area contributed by atoms with Gasteiger partial charge in [-0.25, -0.2) is 4.98 Å². The molecule has 0 bridgehead atoms. The minimum Gasteiger partial charge on any atom is -0.491 e. The number of nitrogens with zero attached hydrogens (tertiary/aromatic N) is 3. The minimum absolute atomic E-state index is 0.0329.